The molecular weight excluding hydrogens is 510 g/mol. The molecule has 5 aromatic rings. The van der Waals surface area contributed by atoms with Crippen LogP contribution >= 0.6 is 11.6 Å². The highest BCUT2D eigenvalue weighted by Gasteiger charge is 2.36. The van der Waals surface area contributed by atoms with Gasteiger partial charge in [0.1, 0.15) is 11.6 Å². The van der Waals surface area contributed by atoms with Crippen molar-refractivity contribution < 1.29 is 9.53 Å². The van der Waals surface area contributed by atoms with Gasteiger partial charge in [-0.1, -0.05) is 54.9 Å². The number of carbonyl (C=O) groups is 1. The zero-order valence-corrected chi connectivity index (χ0v) is 22.5. The van der Waals surface area contributed by atoms with Crippen LogP contribution in [0.1, 0.15) is 35.5 Å². The summed E-state index contributed by atoms with van der Waals surface area (Å²) in [5.41, 5.74) is 5.49. The molecule has 0 saturated heterocycles. The highest BCUT2D eigenvalue weighted by Crippen LogP contribution is 2.39. The molecule has 0 radical (unpaired) electrons. The fourth-order valence-corrected chi connectivity index (χ4v) is 5.44. The number of fused-ring (bicyclic) bond motifs is 3. The van der Waals surface area contributed by atoms with Gasteiger partial charge in [-0.25, -0.2) is 9.48 Å². The SMILES string of the molecule is CCc1nn(-c2ccccc2)c2c1CN(C(=O)Nc1cccc(Cl)c1)[C@@H](c1ccc(OC)cc1)c1cccn1-2. The van der Waals surface area contributed by atoms with Gasteiger partial charge in [-0.05, 0) is 66.6 Å². The largest absolute Gasteiger partial charge is 0.497 e. The van der Waals surface area contributed by atoms with Crippen LogP contribution in [0.4, 0.5) is 10.5 Å². The zero-order chi connectivity index (χ0) is 26.9. The number of rotatable bonds is 5. The van der Waals surface area contributed by atoms with E-state index in [-0.39, 0.29) is 12.1 Å². The molecule has 3 heterocycles. The summed E-state index contributed by atoms with van der Waals surface area (Å²) in [6, 6.07) is 28.7. The predicted molar refractivity (Wildman–Crippen MR) is 153 cm³/mol. The van der Waals surface area contributed by atoms with Gasteiger partial charge in [-0.2, -0.15) is 5.10 Å². The average molecular weight is 538 g/mol. The van der Waals surface area contributed by atoms with Gasteiger partial charge in [-0.15, -0.1) is 0 Å². The molecule has 1 atom stereocenters. The third-order valence-corrected chi connectivity index (χ3v) is 7.31. The first-order valence-electron chi connectivity index (χ1n) is 12.9. The third-order valence-electron chi connectivity index (χ3n) is 7.07. The minimum absolute atomic E-state index is 0.229. The predicted octanol–water partition coefficient (Wildman–Crippen LogP) is 7.02. The third kappa shape index (κ3) is 4.55. The van der Waals surface area contributed by atoms with Crippen LogP contribution in [-0.4, -0.2) is 32.4 Å². The number of hydrogen-bond acceptors (Lipinski definition) is 3. The molecular formula is C31H28ClN5O2. The van der Waals surface area contributed by atoms with Crippen LogP contribution in [0.3, 0.4) is 0 Å². The van der Waals surface area contributed by atoms with E-state index in [0.717, 1.165) is 46.2 Å². The molecule has 1 N–H and O–H groups in total. The Labute approximate surface area is 232 Å². The summed E-state index contributed by atoms with van der Waals surface area (Å²) >= 11 is 6.22. The molecule has 0 saturated carbocycles. The highest BCUT2D eigenvalue weighted by molar-refractivity contribution is 6.30. The van der Waals surface area contributed by atoms with Crippen molar-refractivity contribution in [2.75, 3.05) is 12.4 Å². The Morgan fingerprint density at radius 1 is 1.03 bits per heavy atom. The molecule has 3 aromatic carbocycles. The maximum Gasteiger partial charge on any atom is 0.322 e. The summed E-state index contributed by atoms with van der Waals surface area (Å²) in [5.74, 6) is 1.70. The van der Waals surface area contributed by atoms with E-state index in [2.05, 4.69) is 22.9 Å². The summed E-state index contributed by atoms with van der Waals surface area (Å²) < 4.78 is 9.56. The Hall–Kier alpha value is -4.49. The number of para-hydroxylation sites is 1. The molecule has 0 bridgehead atoms. The maximum absolute atomic E-state index is 14.1. The van der Waals surface area contributed by atoms with Crippen LogP contribution in [-0.2, 0) is 13.0 Å². The van der Waals surface area contributed by atoms with E-state index in [1.165, 1.54) is 0 Å². The first kappa shape index (κ1) is 24.8. The molecule has 2 amide bonds. The monoisotopic (exact) mass is 537 g/mol. The van der Waals surface area contributed by atoms with E-state index in [4.69, 9.17) is 21.4 Å². The number of aryl methyl sites for hydroxylation is 1. The van der Waals surface area contributed by atoms with E-state index in [0.29, 0.717) is 17.3 Å². The van der Waals surface area contributed by atoms with Crippen molar-refractivity contribution in [2.45, 2.75) is 25.9 Å². The number of ether oxygens (including phenoxy) is 1. The number of halogens is 1. The van der Waals surface area contributed by atoms with Gasteiger partial charge in [0.2, 0.25) is 0 Å². The highest BCUT2D eigenvalue weighted by atomic mass is 35.5. The van der Waals surface area contributed by atoms with Crippen LogP contribution < -0.4 is 10.1 Å². The second-order valence-corrected chi connectivity index (χ2v) is 9.83. The van der Waals surface area contributed by atoms with Gasteiger partial charge in [0.25, 0.3) is 0 Å². The van der Waals surface area contributed by atoms with Gasteiger partial charge in [0, 0.05) is 22.5 Å². The van der Waals surface area contributed by atoms with E-state index in [1.54, 1.807) is 19.2 Å². The Bertz CT molecular complexity index is 1620. The zero-order valence-electron chi connectivity index (χ0n) is 21.7. The van der Waals surface area contributed by atoms with Crippen molar-refractivity contribution in [3.05, 3.63) is 125 Å². The quantitative estimate of drug-likeness (QED) is 0.262. The molecule has 0 aliphatic carbocycles. The summed E-state index contributed by atoms with van der Waals surface area (Å²) in [6.45, 7) is 2.47. The topological polar surface area (TPSA) is 64.3 Å². The lowest BCUT2D eigenvalue weighted by Gasteiger charge is -2.31. The lowest BCUT2D eigenvalue weighted by Crippen LogP contribution is -2.38. The van der Waals surface area contributed by atoms with Crippen LogP contribution in [0.25, 0.3) is 11.5 Å². The smallest absolute Gasteiger partial charge is 0.322 e. The van der Waals surface area contributed by atoms with Crippen LogP contribution in [0.5, 0.6) is 5.75 Å². The Morgan fingerprint density at radius 3 is 2.54 bits per heavy atom. The molecule has 0 unspecified atom stereocenters. The lowest BCUT2D eigenvalue weighted by atomic mass is 10.0. The first-order chi connectivity index (χ1) is 19.1. The number of aromatic nitrogens is 3. The average Bonchev–Trinajstić information content (AvgIpc) is 3.55. The Balaban J connectivity index is 1.54. The van der Waals surface area contributed by atoms with Crippen LogP contribution in [0.2, 0.25) is 5.02 Å². The number of methoxy groups -OCH3 is 1. The maximum atomic E-state index is 14.1. The molecule has 7 nitrogen and oxygen atoms in total. The van der Waals surface area contributed by atoms with Crippen LogP contribution in [0, 0.1) is 0 Å². The molecule has 1 aliphatic rings. The van der Waals surface area contributed by atoms with E-state index < -0.39 is 0 Å². The van der Waals surface area contributed by atoms with Gasteiger partial charge in [0.05, 0.1) is 36.8 Å². The van der Waals surface area contributed by atoms with Crippen molar-refractivity contribution in [2.24, 2.45) is 0 Å². The molecule has 39 heavy (non-hydrogen) atoms. The number of urea groups is 1. The first-order valence-corrected chi connectivity index (χ1v) is 13.3. The van der Waals surface area contributed by atoms with Crippen molar-refractivity contribution in [3.8, 4) is 17.3 Å². The number of hydrogen-bond donors (Lipinski definition) is 1. The van der Waals surface area contributed by atoms with Crippen molar-refractivity contribution >= 4 is 23.3 Å². The molecule has 8 heteroatoms. The Kier molecular flexibility index (Phi) is 6.59. The number of amides is 2. The molecule has 6 rings (SSSR count). The van der Waals surface area contributed by atoms with E-state index >= 15 is 0 Å². The van der Waals surface area contributed by atoms with Gasteiger partial charge in [-0.3, -0.25) is 0 Å². The molecule has 196 valence electrons. The molecule has 2 aromatic heterocycles. The fourth-order valence-electron chi connectivity index (χ4n) is 5.25. The van der Waals surface area contributed by atoms with Crippen molar-refractivity contribution in [1.29, 1.82) is 0 Å². The van der Waals surface area contributed by atoms with Crippen LogP contribution in [0.15, 0.2) is 97.2 Å². The minimum Gasteiger partial charge on any atom is -0.497 e. The Morgan fingerprint density at radius 2 is 1.82 bits per heavy atom. The molecule has 0 spiro atoms. The number of nitrogens with zero attached hydrogens (tertiary/aromatic N) is 4. The number of nitrogens with one attached hydrogen (secondary N) is 1. The number of anilines is 1. The number of carbonyl (C=O) groups excluding carboxylic acids is 1. The van der Waals surface area contributed by atoms with E-state index in [1.807, 2.05) is 88.6 Å². The summed E-state index contributed by atoms with van der Waals surface area (Å²) in [7, 11) is 1.65. The van der Waals surface area contributed by atoms with Crippen molar-refractivity contribution in [1.82, 2.24) is 19.2 Å². The molecule has 1 aliphatic heterocycles. The molecule has 0 fully saturated rings. The van der Waals surface area contributed by atoms with Gasteiger partial charge >= 0.3 is 6.03 Å². The lowest BCUT2D eigenvalue weighted by molar-refractivity contribution is 0.194. The van der Waals surface area contributed by atoms with Crippen molar-refractivity contribution in [3.63, 3.8) is 0 Å². The summed E-state index contributed by atoms with van der Waals surface area (Å²) in [4.78, 5) is 15.9. The van der Waals surface area contributed by atoms with Gasteiger partial charge in [0.15, 0.2) is 0 Å². The van der Waals surface area contributed by atoms with Gasteiger partial charge < -0.3 is 19.5 Å². The number of benzene rings is 3. The fraction of sp³-hybridized carbons (Fsp3) is 0.161. The summed E-state index contributed by atoms with van der Waals surface area (Å²) in [6.07, 6.45) is 2.78. The van der Waals surface area contributed by atoms with E-state index in [9.17, 15) is 4.79 Å². The minimum atomic E-state index is -0.369. The second kappa shape index (κ2) is 10.3. The summed E-state index contributed by atoms with van der Waals surface area (Å²) in [5, 5.41) is 8.65. The second-order valence-electron chi connectivity index (χ2n) is 9.40. The standard InChI is InChI=1S/C31H28ClN5O2/c1-3-27-26-20-36(31(38)33-23-10-7-9-22(32)19-23)29(21-14-16-25(39-2)17-15-21)28-13-8-18-35(28)30(26)37(34-27)24-11-5-4-6-12-24/h4-19,29H,3,20H2,1-2H3,(H,33,38)/t29-/m0/s1. The normalized spacial score (nSPS) is 14.3.